The van der Waals surface area contributed by atoms with E-state index in [1.807, 2.05) is 18.2 Å². The third kappa shape index (κ3) is 3.14. The molecule has 22 heavy (non-hydrogen) atoms. The smallest absolute Gasteiger partial charge is 0.227 e. The maximum atomic E-state index is 12.8. The number of hydrogen-bond donors (Lipinski definition) is 1. The summed E-state index contributed by atoms with van der Waals surface area (Å²) in [5.74, 6) is 0.245. The number of carbonyl (C=O) groups is 1. The third-order valence-electron chi connectivity index (χ3n) is 4.67. The number of piperidine rings is 1. The van der Waals surface area contributed by atoms with Gasteiger partial charge in [0.05, 0.1) is 6.42 Å². The molecule has 1 fully saturated rings. The maximum Gasteiger partial charge on any atom is 0.227 e. The van der Waals surface area contributed by atoms with E-state index in [1.54, 1.807) is 0 Å². The summed E-state index contributed by atoms with van der Waals surface area (Å²) in [6.07, 6.45) is 4.83. The zero-order chi connectivity index (χ0) is 15.4. The Balaban J connectivity index is 1.80. The summed E-state index contributed by atoms with van der Waals surface area (Å²) in [6.45, 7) is 1.54. The van der Waals surface area contributed by atoms with Gasteiger partial charge in [-0.05, 0) is 48.6 Å². The van der Waals surface area contributed by atoms with Crippen molar-refractivity contribution in [3.8, 4) is 0 Å². The fourth-order valence-electron chi connectivity index (χ4n) is 3.53. The van der Waals surface area contributed by atoms with Crippen molar-refractivity contribution in [1.82, 2.24) is 4.90 Å². The lowest BCUT2D eigenvalue weighted by Crippen LogP contribution is -2.45. The Morgan fingerprint density at radius 1 is 1.14 bits per heavy atom. The van der Waals surface area contributed by atoms with Gasteiger partial charge in [-0.3, -0.25) is 4.79 Å². The van der Waals surface area contributed by atoms with E-state index < -0.39 is 0 Å². The Labute approximate surface area is 132 Å². The van der Waals surface area contributed by atoms with Gasteiger partial charge in [0, 0.05) is 12.6 Å². The third-order valence-corrected chi connectivity index (χ3v) is 4.67. The number of hydrogen-bond acceptors (Lipinski definition) is 2. The van der Waals surface area contributed by atoms with E-state index in [1.165, 1.54) is 17.2 Å². The van der Waals surface area contributed by atoms with Crippen LogP contribution in [0, 0.1) is 0 Å². The summed E-state index contributed by atoms with van der Waals surface area (Å²) in [6, 6.07) is 14.8. The first-order valence-electron chi connectivity index (χ1n) is 8.26. The number of likely N-dealkylation sites (tertiary alicyclic amines) is 1. The number of amides is 1. The summed E-state index contributed by atoms with van der Waals surface area (Å²) in [7, 11) is 0. The molecular formula is C19H24N2O. The van der Waals surface area contributed by atoms with Crippen LogP contribution in [-0.4, -0.2) is 29.9 Å². The number of nitrogens with zero attached hydrogens (tertiary/aromatic N) is 1. The number of fused-ring (bicyclic) bond motifs is 1. The van der Waals surface area contributed by atoms with Gasteiger partial charge in [0.2, 0.25) is 5.91 Å². The maximum absolute atomic E-state index is 12.8. The van der Waals surface area contributed by atoms with Gasteiger partial charge in [-0.1, -0.05) is 42.5 Å². The normalized spacial score (nSPS) is 18.6. The van der Waals surface area contributed by atoms with Crippen LogP contribution in [0.5, 0.6) is 0 Å². The Hall–Kier alpha value is -1.87. The highest BCUT2D eigenvalue weighted by Gasteiger charge is 2.26. The summed E-state index contributed by atoms with van der Waals surface area (Å²) >= 11 is 0. The SMILES string of the molecule is NCCC1CCCCN1C(=O)Cc1cccc2ccccc12. The van der Waals surface area contributed by atoms with Crippen LogP contribution in [0.1, 0.15) is 31.2 Å². The van der Waals surface area contributed by atoms with Crippen LogP contribution >= 0.6 is 0 Å². The van der Waals surface area contributed by atoms with E-state index in [-0.39, 0.29) is 5.91 Å². The topological polar surface area (TPSA) is 46.3 Å². The summed E-state index contributed by atoms with van der Waals surface area (Å²) in [5.41, 5.74) is 6.84. The Bertz CT molecular complexity index is 645. The van der Waals surface area contributed by atoms with Gasteiger partial charge in [-0.2, -0.15) is 0 Å². The molecule has 2 aromatic carbocycles. The molecule has 116 valence electrons. The molecule has 0 saturated carbocycles. The van der Waals surface area contributed by atoms with E-state index in [9.17, 15) is 4.79 Å². The predicted molar refractivity (Wildman–Crippen MR) is 90.7 cm³/mol. The molecule has 3 heteroatoms. The highest BCUT2D eigenvalue weighted by atomic mass is 16.2. The van der Waals surface area contributed by atoms with Crippen LogP contribution < -0.4 is 5.73 Å². The second-order valence-electron chi connectivity index (χ2n) is 6.13. The summed E-state index contributed by atoms with van der Waals surface area (Å²) in [5, 5.41) is 2.38. The highest BCUT2D eigenvalue weighted by Crippen LogP contribution is 2.23. The monoisotopic (exact) mass is 296 g/mol. The lowest BCUT2D eigenvalue weighted by molar-refractivity contribution is -0.134. The quantitative estimate of drug-likeness (QED) is 0.942. The fourth-order valence-corrected chi connectivity index (χ4v) is 3.53. The molecular weight excluding hydrogens is 272 g/mol. The van der Waals surface area contributed by atoms with E-state index in [0.29, 0.717) is 19.0 Å². The van der Waals surface area contributed by atoms with Crippen LogP contribution in [0.4, 0.5) is 0 Å². The van der Waals surface area contributed by atoms with Crippen molar-refractivity contribution >= 4 is 16.7 Å². The van der Waals surface area contributed by atoms with Crippen LogP contribution in [0.15, 0.2) is 42.5 Å². The molecule has 0 bridgehead atoms. The fraction of sp³-hybridized carbons (Fsp3) is 0.421. The number of nitrogens with two attached hydrogens (primary N) is 1. The van der Waals surface area contributed by atoms with E-state index in [4.69, 9.17) is 5.73 Å². The summed E-state index contributed by atoms with van der Waals surface area (Å²) in [4.78, 5) is 14.8. The van der Waals surface area contributed by atoms with Gasteiger partial charge >= 0.3 is 0 Å². The first kappa shape index (κ1) is 15.0. The van der Waals surface area contributed by atoms with Gasteiger partial charge in [0.1, 0.15) is 0 Å². The summed E-state index contributed by atoms with van der Waals surface area (Å²) < 4.78 is 0. The standard InChI is InChI=1S/C19H24N2O/c20-12-11-17-9-3-4-13-21(17)19(22)14-16-8-5-7-15-6-1-2-10-18(15)16/h1-2,5-8,10,17H,3-4,9,11-14,20H2. The first-order chi connectivity index (χ1) is 10.8. The number of rotatable bonds is 4. The Kier molecular flexibility index (Phi) is 4.74. The Morgan fingerprint density at radius 3 is 2.82 bits per heavy atom. The lowest BCUT2D eigenvalue weighted by atomic mass is 9.97. The first-order valence-corrected chi connectivity index (χ1v) is 8.26. The van der Waals surface area contributed by atoms with Crippen molar-refractivity contribution in [2.75, 3.05) is 13.1 Å². The largest absolute Gasteiger partial charge is 0.339 e. The van der Waals surface area contributed by atoms with Crippen molar-refractivity contribution in [2.24, 2.45) is 5.73 Å². The van der Waals surface area contributed by atoms with Gasteiger partial charge in [-0.25, -0.2) is 0 Å². The van der Waals surface area contributed by atoms with Crippen LogP contribution in [0.2, 0.25) is 0 Å². The molecule has 1 unspecified atom stereocenters. The Morgan fingerprint density at radius 2 is 1.95 bits per heavy atom. The van der Waals surface area contributed by atoms with Gasteiger partial charge in [0.15, 0.2) is 0 Å². The van der Waals surface area contributed by atoms with Crippen molar-refractivity contribution in [3.63, 3.8) is 0 Å². The van der Waals surface area contributed by atoms with Crippen molar-refractivity contribution in [3.05, 3.63) is 48.0 Å². The molecule has 2 aromatic rings. The second kappa shape index (κ2) is 6.93. The van der Waals surface area contributed by atoms with Crippen LogP contribution in [0.25, 0.3) is 10.8 Å². The van der Waals surface area contributed by atoms with E-state index >= 15 is 0 Å². The lowest BCUT2D eigenvalue weighted by Gasteiger charge is -2.36. The van der Waals surface area contributed by atoms with Gasteiger partial charge in [-0.15, -0.1) is 0 Å². The average Bonchev–Trinajstić information content (AvgIpc) is 2.56. The van der Waals surface area contributed by atoms with Crippen LogP contribution in [0.3, 0.4) is 0 Å². The van der Waals surface area contributed by atoms with Crippen LogP contribution in [-0.2, 0) is 11.2 Å². The number of carbonyl (C=O) groups excluding carboxylic acids is 1. The molecule has 3 nitrogen and oxygen atoms in total. The molecule has 1 heterocycles. The molecule has 0 spiro atoms. The predicted octanol–water partition coefficient (Wildman–Crippen LogP) is 3.11. The minimum atomic E-state index is 0.245. The van der Waals surface area contributed by atoms with Crippen molar-refractivity contribution < 1.29 is 4.79 Å². The highest BCUT2D eigenvalue weighted by molar-refractivity contribution is 5.90. The molecule has 2 N–H and O–H groups in total. The molecule has 1 saturated heterocycles. The van der Waals surface area contributed by atoms with Crippen molar-refractivity contribution in [2.45, 2.75) is 38.1 Å². The van der Waals surface area contributed by atoms with E-state index in [0.717, 1.165) is 31.4 Å². The molecule has 3 rings (SSSR count). The van der Waals surface area contributed by atoms with E-state index in [2.05, 4.69) is 29.2 Å². The number of benzene rings is 2. The van der Waals surface area contributed by atoms with Gasteiger partial charge < -0.3 is 10.6 Å². The molecule has 0 radical (unpaired) electrons. The molecule has 0 aliphatic carbocycles. The molecule has 1 atom stereocenters. The zero-order valence-electron chi connectivity index (χ0n) is 13.0. The average molecular weight is 296 g/mol. The molecule has 1 aliphatic rings. The van der Waals surface area contributed by atoms with Gasteiger partial charge in [0.25, 0.3) is 0 Å². The minimum absolute atomic E-state index is 0.245. The molecule has 1 aliphatic heterocycles. The molecule has 1 amide bonds. The minimum Gasteiger partial charge on any atom is -0.339 e. The van der Waals surface area contributed by atoms with Crippen molar-refractivity contribution in [1.29, 1.82) is 0 Å². The molecule has 0 aromatic heterocycles. The zero-order valence-corrected chi connectivity index (χ0v) is 13.0. The second-order valence-corrected chi connectivity index (χ2v) is 6.13.